The summed E-state index contributed by atoms with van der Waals surface area (Å²) in [6, 6.07) is 0. The lowest BCUT2D eigenvalue weighted by Crippen LogP contribution is -1.96. The van der Waals surface area contributed by atoms with Gasteiger partial charge in [-0.25, -0.2) is 0 Å². The molecule has 0 radical (unpaired) electrons. The third-order valence-electron chi connectivity index (χ3n) is 0.975. The Balaban J connectivity index is 4.18. The normalized spacial score (nSPS) is 12.5. The van der Waals surface area contributed by atoms with Gasteiger partial charge in [0.15, 0.2) is 0 Å². The summed E-state index contributed by atoms with van der Waals surface area (Å²) in [6.45, 7) is 7.60. The molecule has 0 rings (SSSR count). The van der Waals surface area contributed by atoms with E-state index >= 15 is 0 Å². The quantitative estimate of drug-likeness (QED) is 0.533. The van der Waals surface area contributed by atoms with Crippen molar-refractivity contribution in [3.8, 4) is 0 Å². The van der Waals surface area contributed by atoms with E-state index in [0.29, 0.717) is 0 Å². The van der Waals surface area contributed by atoms with Crippen LogP contribution in [-0.2, 0) is 0 Å². The molecule has 56 valence electrons. The Labute approximate surface area is 62.4 Å². The van der Waals surface area contributed by atoms with Gasteiger partial charge in [0.1, 0.15) is 0 Å². The maximum absolute atomic E-state index is 4.16. The molecule has 0 aliphatic rings. The van der Waals surface area contributed by atoms with Crippen molar-refractivity contribution in [2.75, 3.05) is 7.05 Å². The van der Waals surface area contributed by atoms with E-state index < -0.39 is 0 Å². The van der Waals surface area contributed by atoms with Crippen LogP contribution in [0.4, 0.5) is 0 Å². The van der Waals surface area contributed by atoms with Gasteiger partial charge in [-0.15, -0.1) is 0 Å². The van der Waals surface area contributed by atoms with Gasteiger partial charge in [-0.05, 0) is 13.3 Å². The van der Waals surface area contributed by atoms with Gasteiger partial charge in [-0.1, -0.05) is 13.5 Å². The molecule has 0 amide bonds. The van der Waals surface area contributed by atoms with E-state index in [2.05, 4.69) is 16.6 Å². The number of hydrogen-bond acceptors (Lipinski definition) is 2. The number of allylic oxidation sites excluding steroid dienone is 1. The van der Waals surface area contributed by atoms with Gasteiger partial charge in [0, 0.05) is 19.0 Å². The van der Waals surface area contributed by atoms with Gasteiger partial charge < -0.3 is 0 Å². The van der Waals surface area contributed by atoms with Crippen molar-refractivity contribution in [3.05, 3.63) is 12.3 Å². The van der Waals surface area contributed by atoms with E-state index in [0.717, 1.165) is 17.8 Å². The Bertz CT molecular complexity index is 166. The first kappa shape index (κ1) is 9.08. The first-order valence-corrected chi connectivity index (χ1v) is 3.36. The summed E-state index contributed by atoms with van der Waals surface area (Å²) in [6.07, 6.45) is 2.67. The molecule has 0 atom stereocenters. The van der Waals surface area contributed by atoms with E-state index in [1.165, 1.54) is 0 Å². The van der Waals surface area contributed by atoms with Crippen molar-refractivity contribution in [2.45, 2.75) is 20.3 Å². The first-order chi connectivity index (χ1) is 4.70. The summed E-state index contributed by atoms with van der Waals surface area (Å²) in [5.74, 6) is 0. The maximum atomic E-state index is 4.16. The Morgan fingerprint density at radius 3 is 2.50 bits per heavy atom. The lowest BCUT2D eigenvalue weighted by Gasteiger charge is -1.93. The molecule has 0 heterocycles. The second kappa shape index (κ2) is 4.91. The van der Waals surface area contributed by atoms with Crippen LogP contribution in [0, 0.1) is 0 Å². The summed E-state index contributed by atoms with van der Waals surface area (Å²) >= 11 is 0. The second-order valence-electron chi connectivity index (χ2n) is 2.08. The summed E-state index contributed by atoms with van der Waals surface area (Å²) < 4.78 is 0. The van der Waals surface area contributed by atoms with E-state index in [1.54, 1.807) is 13.3 Å². The fourth-order valence-electron chi connectivity index (χ4n) is 0.593. The minimum atomic E-state index is 0.830. The maximum Gasteiger partial charge on any atom is 0.0581 e. The smallest absolute Gasteiger partial charge is 0.0581 e. The molecule has 0 fully saturated rings. The minimum Gasteiger partial charge on any atom is -0.295 e. The van der Waals surface area contributed by atoms with Crippen molar-refractivity contribution >= 4 is 11.9 Å². The Kier molecular flexibility index (Phi) is 4.46. The highest BCUT2D eigenvalue weighted by Crippen LogP contribution is 1.92. The summed E-state index contributed by atoms with van der Waals surface area (Å²) in [5, 5.41) is 0. The molecule has 2 heteroatoms. The predicted molar refractivity (Wildman–Crippen MR) is 47.0 cm³/mol. The molecule has 0 N–H and O–H groups in total. The van der Waals surface area contributed by atoms with Gasteiger partial charge in [-0.2, -0.15) is 0 Å². The minimum absolute atomic E-state index is 0.830. The van der Waals surface area contributed by atoms with Gasteiger partial charge in [0.25, 0.3) is 0 Å². The van der Waals surface area contributed by atoms with E-state index in [4.69, 9.17) is 0 Å². The van der Waals surface area contributed by atoms with E-state index in [1.807, 2.05) is 13.8 Å². The van der Waals surface area contributed by atoms with E-state index in [-0.39, 0.29) is 0 Å². The zero-order chi connectivity index (χ0) is 7.98. The molecule has 0 unspecified atom stereocenters. The van der Waals surface area contributed by atoms with Crippen molar-refractivity contribution in [2.24, 2.45) is 9.98 Å². The third kappa shape index (κ3) is 4.01. The second-order valence-corrected chi connectivity index (χ2v) is 2.08. The number of aliphatic imine (C=N–C) groups is 2. The van der Waals surface area contributed by atoms with Gasteiger partial charge in [0.05, 0.1) is 5.71 Å². The Morgan fingerprint density at radius 2 is 2.20 bits per heavy atom. The molecule has 0 saturated heterocycles. The lowest BCUT2D eigenvalue weighted by atomic mass is 10.3. The highest BCUT2D eigenvalue weighted by Gasteiger charge is 1.88. The molecule has 0 aromatic heterocycles. The van der Waals surface area contributed by atoms with Crippen LogP contribution >= 0.6 is 0 Å². The zero-order valence-corrected chi connectivity index (χ0v) is 6.89. The number of rotatable bonds is 3. The van der Waals surface area contributed by atoms with Crippen LogP contribution in [0.2, 0.25) is 0 Å². The molecular formula is C8H14N2. The first-order valence-electron chi connectivity index (χ1n) is 3.36. The average molecular weight is 138 g/mol. The summed E-state index contributed by atoms with van der Waals surface area (Å²) in [4.78, 5) is 8.02. The van der Waals surface area contributed by atoms with Gasteiger partial charge in [-0.3, -0.25) is 9.98 Å². The van der Waals surface area contributed by atoms with Crippen LogP contribution in [0.1, 0.15) is 20.3 Å². The van der Waals surface area contributed by atoms with Crippen LogP contribution < -0.4 is 0 Å². The van der Waals surface area contributed by atoms with E-state index in [9.17, 15) is 0 Å². The van der Waals surface area contributed by atoms with Crippen LogP contribution in [0.3, 0.4) is 0 Å². The fourth-order valence-corrected chi connectivity index (χ4v) is 0.593. The summed E-state index contributed by atoms with van der Waals surface area (Å²) in [7, 11) is 1.74. The monoisotopic (exact) mass is 138 g/mol. The largest absolute Gasteiger partial charge is 0.295 e. The molecule has 2 nitrogen and oxygen atoms in total. The molecule has 0 aromatic carbocycles. The van der Waals surface area contributed by atoms with Gasteiger partial charge >= 0.3 is 0 Å². The molecule has 10 heavy (non-hydrogen) atoms. The van der Waals surface area contributed by atoms with Crippen LogP contribution in [0.5, 0.6) is 0 Å². The molecule has 0 aliphatic carbocycles. The number of nitrogens with zero attached hydrogens (tertiary/aromatic N) is 2. The highest BCUT2D eigenvalue weighted by molar-refractivity contribution is 6.30. The molecule has 0 bridgehead atoms. The Morgan fingerprint density at radius 1 is 1.60 bits per heavy atom. The van der Waals surface area contributed by atoms with Crippen molar-refractivity contribution in [1.29, 1.82) is 0 Å². The highest BCUT2D eigenvalue weighted by atomic mass is 14.8. The predicted octanol–water partition coefficient (Wildman–Crippen LogP) is 2.07. The molecular weight excluding hydrogens is 124 g/mol. The average Bonchev–Trinajstić information content (AvgIpc) is 1.86. The Hall–Kier alpha value is -0.920. The topological polar surface area (TPSA) is 24.7 Å². The van der Waals surface area contributed by atoms with Crippen LogP contribution in [-0.4, -0.2) is 19.0 Å². The standard InChI is InChI=1S/C8H14N2/c1-5-8(6-9-4)10-7(2)3/h6H,2,5H2,1,3-4H3. The van der Waals surface area contributed by atoms with Crippen molar-refractivity contribution in [1.82, 2.24) is 0 Å². The zero-order valence-electron chi connectivity index (χ0n) is 6.89. The summed E-state index contributed by atoms with van der Waals surface area (Å²) in [5.41, 5.74) is 1.81. The number of hydrogen-bond donors (Lipinski definition) is 0. The van der Waals surface area contributed by atoms with Crippen molar-refractivity contribution in [3.63, 3.8) is 0 Å². The third-order valence-corrected chi connectivity index (χ3v) is 0.975. The molecule has 0 aliphatic heterocycles. The lowest BCUT2D eigenvalue weighted by molar-refractivity contribution is 1.24. The molecule has 0 aromatic rings. The molecule has 0 spiro atoms. The van der Waals surface area contributed by atoms with Crippen LogP contribution in [0.25, 0.3) is 0 Å². The fraction of sp³-hybridized carbons (Fsp3) is 0.500. The SMILES string of the molecule is C=C(C)N=C(C=NC)CC. The molecule has 0 saturated carbocycles. The van der Waals surface area contributed by atoms with Gasteiger partial charge in [0.2, 0.25) is 0 Å². The van der Waals surface area contributed by atoms with Crippen LogP contribution in [0.15, 0.2) is 22.3 Å². The van der Waals surface area contributed by atoms with Crippen molar-refractivity contribution < 1.29 is 0 Å².